The minimum absolute atomic E-state index is 0.250. The number of anilines is 2. The van der Waals surface area contributed by atoms with Gasteiger partial charge in [-0.1, -0.05) is 40.9 Å². The normalized spacial score (nSPS) is 10.6. The van der Waals surface area contributed by atoms with E-state index in [1.165, 1.54) is 12.1 Å². The summed E-state index contributed by atoms with van der Waals surface area (Å²) < 4.78 is 13.0. The maximum atomic E-state index is 13.0. The summed E-state index contributed by atoms with van der Waals surface area (Å²) in [6.45, 7) is 0. The Hall–Kier alpha value is -1.88. The van der Waals surface area contributed by atoms with Crippen LogP contribution in [0.1, 0.15) is 0 Å². The molecule has 1 N–H and O–H groups in total. The van der Waals surface area contributed by atoms with Crippen LogP contribution in [0, 0.1) is 5.82 Å². The number of nitrogens with zero attached hydrogens (tertiary/aromatic N) is 2. The summed E-state index contributed by atoms with van der Waals surface area (Å²) in [5.41, 5.74) is 1.24. The third kappa shape index (κ3) is 3.72. The molecule has 0 radical (unpaired) electrons. The Labute approximate surface area is 147 Å². The van der Waals surface area contributed by atoms with E-state index in [2.05, 4.69) is 15.3 Å². The summed E-state index contributed by atoms with van der Waals surface area (Å²) >= 11 is 18.2. The first kappa shape index (κ1) is 16.0. The third-order valence-electron chi connectivity index (χ3n) is 3.01. The van der Waals surface area contributed by atoms with Crippen LogP contribution >= 0.6 is 34.8 Å². The lowest BCUT2D eigenvalue weighted by Gasteiger charge is -2.10. The number of rotatable bonds is 3. The summed E-state index contributed by atoms with van der Waals surface area (Å²) in [6.07, 6.45) is 0. The number of halogens is 4. The molecule has 0 aliphatic rings. The van der Waals surface area contributed by atoms with Crippen LogP contribution in [-0.2, 0) is 0 Å². The van der Waals surface area contributed by atoms with Gasteiger partial charge in [-0.2, -0.15) is 0 Å². The fourth-order valence-corrected chi connectivity index (χ4v) is 2.48. The van der Waals surface area contributed by atoms with E-state index >= 15 is 0 Å². The van der Waals surface area contributed by atoms with Gasteiger partial charge in [0.05, 0.1) is 15.7 Å². The first-order valence-corrected chi connectivity index (χ1v) is 7.68. The SMILES string of the molecule is Fc1ccc(-c2nc(Cl)cc(Nc3cccc(Cl)c3Cl)n2)cc1. The van der Waals surface area contributed by atoms with Crippen LogP contribution in [0.4, 0.5) is 15.9 Å². The highest BCUT2D eigenvalue weighted by Crippen LogP contribution is 2.32. The third-order valence-corrected chi connectivity index (χ3v) is 4.02. The second kappa shape index (κ2) is 6.71. The smallest absolute Gasteiger partial charge is 0.163 e. The Bertz CT molecular complexity index is 854. The lowest BCUT2D eigenvalue weighted by molar-refractivity contribution is 0.628. The van der Waals surface area contributed by atoms with E-state index in [9.17, 15) is 4.39 Å². The van der Waals surface area contributed by atoms with Crippen molar-refractivity contribution in [3.05, 3.63) is 69.5 Å². The molecular weight excluding hydrogens is 360 g/mol. The minimum atomic E-state index is -0.333. The average molecular weight is 369 g/mol. The van der Waals surface area contributed by atoms with Crippen molar-refractivity contribution in [1.29, 1.82) is 0 Å². The second-order valence-corrected chi connectivity index (χ2v) is 5.81. The van der Waals surface area contributed by atoms with Crippen LogP contribution in [0.2, 0.25) is 15.2 Å². The summed E-state index contributed by atoms with van der Waals surface area (Å²) in [5, 5.41) is 4.11. The van der Waals surface area contributed by atoms with E-state index in [-0.39, 0.29) is 11.0 Å². The van der Waals surface area contributed by atoms with Crippen molar-refractivity contribution in [2.24, 2.45) is 0 Å². The largest absolute Gasteiger partial charge is 0.339 e. The first-order valence-electron chi connectivity index (χ1n) is 6.54. The van der Waals surface area contributed by atoms with E-state index in [1.54, 1.807) is 36.4 Å². The Morgan fingerprint density at radius 3 is 2.39 bits per heavy atom. The summed E-state index contributed by atoms with van der Waals surface area (Å²) in [4.78, 5) is 8.52. The monoisotopic (exact) mass is 367 g/mol. The molecule has 0 amide bonds. The van der Waals surface area contributed by atoms with Gasteiger partial charge in [-0.3, -0.25) is 0 Å². The molecule has 1 heterocycles. The standard InChI is InChI=1S/C16H9Cl3FN3/c17-11-2-1-3-12(15(11)19)21-14-8-13(18)22-16(23-14)9-4-6-10(20)7-5-9/h1-8H,(H,21,22,23). The molecule has 7 heteroatoms. The van der Waals surface area contributed by atoms with Crippen molar-refractivity contribution >= 4 is 46.3 Å². The number of hydrogen-bond donors (Lipinski definition) is 1. The minimum Gasteiger partial charge on any atom is -0.339 e. The molecule has 116 valence electrons. The van der Waals surface area contributed by atoms with Gasteiger partial charge >= 0.3 is 0 Å². The Morgan fingerprint density at radius 2 is 1.65 bits per heavy atom. The van der Waals surface area contributed by atoms with Crippen molar-refractivity contribution in [3.63, 3.8) is 0 Å². The molecule has 23 heavy (non-hydrogen) atoms. The Kier molecular flexibility index (Phi) is 4.66. The number of aromatic nitrogens is 2. The summed E-state index contributed by atoms with van der Waals surface area (Å²) in [5.74, 6) is 0.492. The summed E-state index contributed by atoms with van der Waals surface area (Å²) in [6, 6.07) is 12.6. The number of nitrogens with one attached hydrogen (secondary N) is 1. The molecular formula is C16H9Cl3FN3. The fraction of sp³-hybridized carbons (Fsp3) is 0. The van der Waals surface area contributed by atoms with Gasteiger partial charge in [-0.15, -0.1) is 0 Å². The molecule has 3 aromatic rings. The van der Waals surface area contributed by atoms with Crippen LogP contribution < -0.4 is 5.32 Å². The highest BCUT2D eigenvalue weighted by atomic mass is 35.5. The Morgan fingerprint density at radius 1 is 0.913 bits per heavy atom. The lowest BCUT2D eigenvalue weighted by atomic mass is 10.2. The van der Waals surface area contributed by atoms with Crippen LogP contribution in [0.5, 0.6) is 0 Å². The van der Waals surface area contributed by atoms with Gasteiger partial charge in [0.2, 0.25) is 0 Å². The molecule has 3 rings (SSSR count). The molecule has 0 aliphatic carbocycles. The molecule has 0 saturated carbocycles. The summed E-state index contributed by atoms with van der Waals surface area (Å²) in [7, 11) is 0. The van der Waals surface area contributed by atoms with Gasteiger partial charge in [0.25, 0.3) is 0 Å². The maximum Gasteiger partial charge on any atom is 0.163 e. The zero-order chi connectivity index (χ0) is 16.4. The number of hydrogen-bond acceptors (Lipinski definition) is 3. The zero-order valence-electron chi connectivity index (χ0n) is 11.5. The van der Waals surface area contributed by atoms with Gasteiger partial charge in [-0.05, 0) is 36.4 Å². The van der Waals surface area contributed by atoms with E-state index < -0.39 is 0 Å². The van der Waals surface area contributed by atoms with Gasteiger partial charge in [0.15, 0.2) is 5.82 Å². The maximum absolute atomic E-state index is 13.0. The average Bonchev–Trinajstić information content (AvgIpc) is 2.52. The van der Waals surface area contributed by atoms with Crippen molar-refractivity contribution in [3.8, 4) is 11.4 Å². The highest BCUT2D eigenvalue weighted by Gasteiger charge is 2.09. The van der Waals surface area contributed by atoms with Crippen molar-refractivity contribution in [2.45, 2.75) is 0 Å². The lowest BCUT2D eigenvalue weighted by Crippen LogP contribution is -1.98. The predicted molar refractivity (Wildman–Crippen MR) is 92.2 cm³/mol. The first-order chi connectivity index (χ1) is 11.0. The van der Waals surface area contributed by atoms with Crippen molar-refractivity contribution < 1.29 is 4.39 Å². The second-order valence-electron chi connectivity index (χ2n) is 4.63. The molecule has 0 saturated heterocycles. The molecule has 0 aliphatic heterocycles. The van der Waals surface area contributed by atoms with Gasteiger partial charge in [0, 0.05) is 11.6 Å². The van der Waals surface area contributed by atoms with E-state index in [4.69, 9.17) is 34.8 Å². The molecule has 0 spiro atoms. The van der Waals surface area contributed by atoms with Crippen LogP contribution in [0.15, 0.2) is 48.5 Å². The van der Waals surface area contributed by atoms with E-state index in [1.807, 2.05) is 0 Å². The van der Waals surface area contributed by atoms with Crippen LogP contribution in [-0.4, -0.2) is 9.97 Å². The molecule has 0 bridgehead atoms. The van der Waals surface area contributed by atoms with Crippen molar-refractivity contribution in [1.82, 2.24) is 9.97 Å². The van der Waals surface area contributed by atoms with Gasteiger partial charge < -0.3 is 5.32 Å². The molecule has 0 fully saturated rings. The van der Waals surface area contributed by atoms with E-state index in [0.717, 1.165) is 0 Å². The topological polar surface area (TPSA) is 37.8 Å². The quantitative estimate of drug-likeness (QED) is 0.577. The van der Waals surface area contributed by atoms with Gasteiger partial charge in [0.1, 0.15) is 16.8 Å². The van der Waals surface area contributed by atoms with Crippen LogP contribution in [0.25, 0.3) is 11.4 Å². The molecule has 3 nitrogen and oxygen atoms in total. The predicted octanol–water partition coefficient (Wildman–Crippen LogP) is 5.99. The van der Waals surface area contributed by atoms with Crippen molar-refractivity contribution in [2.75, 3.05) is 5.32 Å². The molecule has 1 aromatic heterocycles. The Balaban J connectivity index is 1.97. The van der Waals surface area contributed by atoms with Gasteiger partial charge in [-0.25, -0.2) is 14.4 Å². The molecule has 2 aromatic carbocycles. The highest BCUT2D eigenvalue weighted by molar-refractivity contribution is 6.43. The van der Waals surface area contributed by atoms with E-state index in [0.29, 0.717) is 32.9 Å². The fourth-order valence-electron chi connectivity index (χ4n) is 1.95. The number of benzene rings is 2. The molecule has 0 atom stereocenters. The molecule has 0 unspecified atom stereocenters. The van der Waals surface area contributed by atoms with Crippen LogP contribution in [0.3, 0.4) is 0 Å². The zero-order valence-corrected chi connectivity index (χ0v) is 13.8.